The van der Waals surface area contributed by atoms with Gasteiger partial charge in [-0.2, -0.15) is 0 Å². The first kappa shape index (κ1) is 16.6. The van der Waals surface area contributed by atoms with Crippen molar-refractivity contribution in [3.05, 3.63) is 77.6 Å². The number of fused-ring (bicyclic) bond motifs is 2. The number of amides is 1. The number of rotatable bonds is 4. The van der Waals surface area contributed by atoms with Gasteiger partial charge < -0.3 is 19.7 Å². The van der Waals surface area contributed by atoms with Crippen molar-refractivity contribution in [2.24, 2.45) is 0 Å². The highest BCUT2D eigenvalue weighted by atomic mass is 16.7. The molecule has 0 unspecified atom stereocenters. The van der Waals surface area contributed by atoms with Crippen LogP contribution in [0.25, 0.3) is 0 Å². The molecule has 0 radical (unpaired) electrons. The van der Waals surface area contributed by atoms with Gasteiger partial charge in [-0.05, 0) is 47.9 Å². The fraction of sp³-hybridized carbons (Fsp3) is 0.182. The molecule has 6 nitrogen and oxygen atoms in total. The molecular weight excluding hydrogens is 354 g/mol. The monoisotopic (exact) mass is 373 g/mol. The molecule has 0 atom stereocenters. The van der Waals surface area contributed by atoms with E-state index in [1.54, 1.807) is 6.20 Å². The number of ether oxygens (including phenoxy) is 2. The van der Waals surface area contributed by atoms with E-state index in [-0.39, 0.29) is 12.7 Å². The number of anilines is 2. The first-order chi connectivity index (χ1) is 13.8. The molecule has 28 heavy (non-hydrogen) atoms. The average Bonchev–Trinajstić information content (AvgIpc) is 3.38. The molecule has 0 spiro atoms. The van der Waals surface area contributed by atoms with Gasteiger partial charge in [0.15, 0.2) is 11.5 Å². The largest absolute Gasteiger partial charge is 0.454 e. The van der Waals surface area contributed by atoms with Crippen LogP contribution in [0.3, 0.4) is 0 Å². The molecule has 1 N–H and O–H groups in total. The molecule has 0 fully saturated rings. The Morgan fingerprint density at radius 1 is 1.07 bits per heavy atom. The number of carbonyl (C=O) groups is 1. The van der Waals surface area contributed by atoms with E-state index >= 15 is 0 Å². The highest BCUT2D eigenvalue weighted by molar-refractivity contribution is 5.93. The summed E-state index contributed by atoms with van der Waals surface area (Å²) in [6.45, 7) is 1.54. The molecule has 2 aliphatic rings. The van der Waals surface area contributed by atoms with Crippen LogP contribution in [0.4, 0.5) is 11.4 Å². The topological polar surface area (TPSA) is 63.7 Å². The number of hydrogen-bond donors (Lipinski definition) is 1. The Morgan fingerprint density at radius 2 is 1.96 bits per heavy atom. The molecule has 3 heterocycles. The molecule has 1 amide bonds. The number of carbonyl (C=O) groups excluding carboxylic acids is 1. The van der Waals surface area contributed by atoms with Gasteiger partial charge in [0.1, 0.15) is 5.69 Å². The maximum absolute atomic E-state index is 12.6. The molecule has 5 rings (SSSR count). The number of para-hydroxylation sites is 1. The summed E-state index contributed by atoms with van der Waals surface area (Å²) in [6.07, 6.45) is 2.69. The Hall–Kier alpha value is -3.54. The van der Waals surface area contributed by atoms with Gasteiger partial charge in [-0.3, -0.25) is 9.78 Å². The lowest BCUT2D eigenvalue weighted by Crippen LogP contribution is -2.24. The minimum absolute atomic E-state index is 0.202. The SMILES string of the molecule is O=C(NCc1ccc2c(c1)OCO2)c1cc(N2CCc3ccccc32)ccn1. The van der Waals surface area contributed by atoms with E-state index in [0.29, 0.717) is 18.0 Å². The number of aromatic nitrogens is 1. The van der Waals surface area contributed by atoms with Crippen molar-refractivity contribution in [3.8, 4) is 11.5 Å². The van der Waals surface area contributed by atoms with Gasteiger partial charge in [-0.15, -0.1) is 0 Å². The fourth-order valence-electron chi connectivity index (χ4n) is 3.64. The van der Waals surface area contributed by atoms with Crippen molar-refractivity contribution >= 4 is 17.3 Å². The molecule has 0 bridgehead atoms. The fourth-order valence-corrected chi connectivity index (χ4v) is 3.64. The van der Waals surface area contributed by atoms with Crippen molar-refractivity contribution in [1.82, 2.24) is 10.3 Å². The summed E-state index contributed by atoms with van der Waals surface area (Å²) < 4.78 is 10.7. The maximum Gasteiger partial charge on any atom is 0.270 e. The van der Waals surface area contributed by atoms with Crippen molar-refractivity contribution < 1.29 is 14.3 Å². The Balaban J connectivity index is 1.30. The van der Waals surface area contributed by atoms with Crippen LogP contribution in [0.15, 0.2) is 60.8 Å². The quantitative estimate of drug-likeness (QED) is 0.759. The molecule has 6 heteroatoms. The average molecular weight is 373 g/mol. The van der Waals surface area contributed by atoms with E-state index in [1.807, 2.05) is 36.4 Å². The van der Waals surface area contributed by atoms with Crippen LogP contribution in [-0.2, 0) is 13.0 Å². The molecule has 2 aromatic carbocycles. The van der Waals surface area contributed by atoms with Crippen LogP contribution < -0.4 is 19.7 Å². The van der Waals surface area contributed by atoms with E-state index < -0.39 is 0 Å². The predicted molar refractivity (Wildman–Crippen MR) is 105 cm³/mol. The first-order valence-corrected chi connectivity index (χ1v) is 9.26. The Labute approximate surface area is 162 Å². The van der Waals surface area contributed by atoms with E-state index in [9.17, 15) is 4.79 Å². The van der Waals surface area contributed by atoms with Gasteiger partial charge in [-0.1, -0.05) is 24.3 Å². The molecule has 3 aromatic rings. The van der Waals surface area contributed by atoms with Crippen LogP contribution in [0.2, 0.25) is 0 Å². The Morgan fingerprint density at radius 3 is 2.93 bits per heavy atom. The van der Waals surface area contributed by atoms with Gasteiger partial charge in [0.25, 0.3) is 5.91 Å². The van der Waals surface area contributed by atoms with Gasteiger partial charge in [0.05, 0.1) is 0 Å². The van der Waals surface area contributed by atoms with E-state index in [4.69, 9.17) is 9.47 Å². The Bertz CT molecular complexity index is 1050. The van der Waals surface area contributed by atoms with Crippen molar-refractivity contribution in [2.45, 2.75) is 13.0 Å². The number of hydrogen-bond acceptors (Lipinski definition) is 5. The van der Waals surface area contributed by atoms with Crippen LogP contribution in [-0.4, -0.2) is 24.2 Å². The zero-order valence-corrected chi connectivity index (χ0v) is 15.2. The van der Waals surface area contributed by atoms with Crippen molar-refractivity contribution in [3.63, 3.8) is 0 Å². The first-order valence-electron chi connectivity index (χ1n) is 9.26. The molecule has 1 aromatic heterocycles. The predicted octanol–water partition coefficient (Wildman–Crippen LogP) is 3.43. The third-order valence-electron chi connectivity index (χ3n) is 5.07. The summed E-state index contributed by atoms with van der Waals surface area (Å²) in [5.41, 5.74) is 4.85. The highest BCUT2D eigenvalue weighted by Crippen LogP contribution is 2.34. The second-order valence-corrected chi connectivity index (χ2v) is 6.80. The summed E-state index contributed by atoms with van der Waals surface area (Å²) in [5.74, 6) is 1.24. The summed E-state index contributed by atoms with van der Waals surface area (Å²) in [7, 11) is 0. The summed E-state index contributed by atoms with van der Waals surface area (Å²) >= 11 is 0. The summed E-state index contributed by atoms with van der Waals surface area (Å²) in [6, 6.07) is 17.8. The van der Waals surface area contributed by atoms with Crippen LogP contribution >= 0.6 is 0 Å². The number of pyridine rings is 1. The van der Waals surface area contributed by atoms with Crippen molar-refractivity contribution in [1.29, 1.82) is 0 Å². The maximum atomic E-state index is 12.6. The molecule has 2 aliphatic heterocycles. The van der Waals surface area contributed by atoms with Gasteiger partial charge in [0.2, 0.25) is 6.79 Å². The van der Waals surface area contributed by atoms with E-state index in [1.165, 1.54) is 11.3 Å². The minimum atomic E-state index is -0.202. The number of nitrogens with one attached hydrogen (secondary N) is 1. The lowest BCUT2D eigenvalue weighted by atomic mass is 10.2. The smallest absolute Gasteiger partial charge is 0.270 e. The van der Waals surface area contributed by atoms with Gasteiger partial charge >= 0.3 is 0 Å². The third-order valence-corrected chi connectivity index (χ3v) is 5.07. The third kappa shape index (κ3) is 3.03. The zero-order valence-electron chi connectivity index (χ0n) is 15.2. The van der Waals surface area contributed by atoms with Crippen LogP contribution in [0.1, 0.15) is 21.6 Å². The molecule has 0 aliphatic carbocycles. The summed E-state index contributed by atoms with van der Waals surface area (Å²) in [4.78, 5) is 19.1. The highest BCUT2D eigenvalue weighted by Gasteiger charge is 2.21. The molecular formula is C22H19N3O3. The normalized spacial score (nSPS) is 14.1. The molecule has 0 saturated carbocycles. The Kier molecular flexibility index (Phi) is 4.09. The van der Waals surface area contributed by atoms with Gasteiger partial charge in [0, 0.05) is 30.7 Å². The lowest BCUT2D eigenvalue weighted by Gasteiger charge is -2.19. The minimum Gasteiger partial charge on any atom is -0.454 e. The second-order valence-electron chi connectivity index (χ2n) is 6.80. The molecule has 0 saturated heterocycles. The van der Waals surface area contributed by atoms with Crippen molar-refractivity contribution in [2.75, 3.05) is 18.2 Å². The van der Waals surface area contributed by atoms with Crippen LogP contribution in [0.5, 0.6) is 11.5 Å². The molecule has 140 valence electrons. The summed E-state index contributed by atoms with van der Waals surface area (Å²) in [5, 5.41) is 2.93. The number of benzene rings is 2. The zero-order chi connectivity index (χ0) is 18.9. The van der Waals surface area contributed by atoms with Crippen LogP contribution in [0, 0.1) is 0 Å². The van der Waals surface area contributed by atoms with Gasteiger partial charge in [-0.25, -0.2) is 0 Å². The number of nitrogens with zero attached hydrogens (tertiary/aromatic N) is 2. The van der Waals surface area contributed by atoms with E-state index in [2.05, 4.69) is 33.4 Å². The lowest BCUT2D eigenvalue weighted by molar-refractivity contribution is 0.0946. The second kappa shape index (κ2) is 6.88. The van der Waals surface area contributed by atoms with E-state index in [0.717, 1.165) is 30.0 Å². The standard InChI is InChI=1S/C22H19N3O3/c26-22(24-13-15-5-6-20-21(11-15)28-14-27-20)18-12-17(7-9-23-18)25-10-8-16-3-1-2-4-19(16)25/h1-7,9,11-12H,8,10,13-14H2,(H,24,26).